The summed E-state index contributed by atoms with van der Waals surface area (Å²) in [6.45, 7) is 37.2. The summed E-state index contributed by atoms with van der Waals surface area (Å²) in [6, 6.07) is 0. The molecule has 0 spiro atoms. The second-order valence-corrected chi connectivity index (χ2v) is 18.0. The van der Waals surface area contributed by atoms with E-state index in [1.807, 2.05) is 27.7 Å². The molecule has 2 rings (SSSR count). The van der Waals surface area contributed by atoms with Crippen LogP contribution in [0.25, 0.3) is 0 Å². The van der Waals surface area contributed by atoms with Crippen LogP contribution in [0.3, 0.4) is 0 Å². The third-order valence-electron chi connectivity index (χ3n) is 11.8. The topological polar surface area (TPSA) is 130 Å². The predicted molar refractivity (Wildman–Crippen MR) is 205 cm³/mol. The molecule has 276 valence electrons. The average molecular weight is 711 g/mol. The van der Waals surface area contributed by atoms with Crippen molar-refractivity contribution in [2.45, 2.75) is 187 Å². The number of hydrogen-bond donors (Lipinski definition) is 0. The molecular formula is C40H70CaN4O4. The minimum absolute atomic E-state index is 0. The number of rotatable bonds is 16. The molecule has 8 nitrogen and oxygen atoms in total. The maximum absolute atomic E-state index is 12.2. The number of hydrogen-bond acceptors (Lipinski definition) is 8. The Hall–Kier alpha value is -1.12. The van der Waals surface area contributed by atoms with E-state index in [-0.39, 0.29) is 59.4 Å². The molecule has 9 heteroatoms. The molecule has 2 heterocycles. The Bertz CT molecular complexity index is 1150. The SMILES string of the molecule is CCCC(C)(C)C1(C(=O)[O-])N=C(C(C)(C)CC)C(C(C)(C)CC)=N1.CCCC(C)(C)C1(C(=O)[O-])N=C(C(C)(C)CC)C(C(C)(C)CC)=N1.[Ca+2]. The molecule has 0 fully saturated rings. The van der Waals surface area contributed by atoms with Crippen molar-refractivity contribution in [2.24, 2.45) is 52.5 Å². The molecule has 2 aliphatic heterocycles. The van der Waals surface area contributed by atoms with Crippen LogP contribution < -0.4 is 10.2 Å². The van der Waals surface area contributed by atoms with Gasteiger partial charge in [0.05, 0.1) is 34.8 Å². The molecule has 0 saturated carbocycles. The van der Waals surface area contributed by atoms with E-state index in [1.165, 1.54) is 0 Å². The van der Waals surface area contributed by atoms with Crippen molar-refractivity contribution in [2.75, 3.05) is 0 Å². The van der Waals surface area contributed by atoms with Crippen molar-refractivity contribution in [3.05, 3.63) is 0 Å². The molecule has 49 heavy (non-hydrogen) atoms. The maximum atomic E-state index is 12.2. The number of carboxylic acid groups (broad SMARTS) is 2. The van der Waals surface area contributed by atoms with E-state index in [0.717, 1.165) is 74.2 Å². The van der Waals surface area contributed by atoms with Crippen molar-refractivity contribution in [3.63, 3.8) is 0 Å². The summed E-state index contributed by atoms with van der Waals surface area (Å²) in [7, 11) is 0. The third kappa shape index (κ3) is 9.28. The van der Waals surface area contributed by atoms with Crippen molar-refractivity contribution >= 4 is 72.5 Å². The van der Waals surface area contributed by atoms with Gasteiger partial charge in [0, 0.05) is 32.5 Å². The molecule has 0 aliphatic carbocycles. The molecule has 0 aromatic rings. The van der Waals surface area contributed by atoms with Crippen LogP contribution in [-0.2, 0) is 9.59 Å². The molecule has 0 aromatic heterocycles. The third-order valence-corrected chi connectivity index (χ3v) is 11.8. The number of carbonyl (C=O) groups is 2. The van der Waals surface area contributed by atoms with Gasteiger partial charge >= 0.3 is 37.7 Å². The van der Waals surface area contributed by atoms with Gasteiger partial charge in [0.15, 0.2) is 11.3 Å². The van der Waals surface area contributed by atoms with Gasteiger partial charge in [-0.2, -0.15) is 0 Å². The molecule has 0 unspecified atom stereocenters. The summed E-state index contributed by atoms with van der Waals surface area (Å²) in [5, 5.41) is 24.5. The molecule has 0 saturated heterocycles. The van der Waals surface area contributed by atoms with Crippen LogP contribution in [0.5, 0.6) is 0 Å². The van der Waals surface area contributed by atoms with Crippen LogP contribution in [0.15, 0.2) is 20.0 Å². The number of carbonyl (C=O) groups excluding carboxylic acids is 2. The van der Waals surface area contributed by atoms with Gasteiger partial charge in [-0.1, -0.05) is 137 Å². The second-order valence-electron chi connectivity index (χ2n) is 18.0. The minimum Gasteiger partial charge on any atom is -0.545 e. The van der Waals surface area contributed by atoms with E-state index in [0.29, 0.717) is 0 Å². The van der Waals surface area contributed by atoms with Crippen LogP contribution in [0.2, 0.25) is 0 Å². The van der Waals surface area contributed by atoms with Crippen molar-refractivity contribution < 1.29 is 19.8 Å². The quantitative estimate of drug-likeness (QED) is 0.152. The number of aliphatic carboxylic acids is 2. The Morgan fingerprint density at radius 1 is 0.469 bits per heavy atom. The normalized spacial score (nSPS) is 18.0. The van der Waals surface area contributed by atoms with E-state index >= 15 is 0 Å². The van der Waals surface area contributed by atoms with Gasteiger partial charge in [0.1, 0.15) is 0 Å². The number of carboxylic acids is 2. The van der Waals surface area contributed by atoms with Crippen LogP contribution in [-0.4, -0.2) is 83.8 Å². The van der Waals surface area contributed by atoms with E-state index in [2.05, 4.69) is 96.9 Å². The van der Waals surface area contributed by atoms with Gasteiger partial charge in [-0.15, -0.1) is 0 Å². The van der Waals surface area contributed by atoms with E-state index in [1.54, 1.807) is 0 Å². The monoisotopic (exact) mass is 711 g/mol. The fourth-order valence-corrected chi connectivity index (χ4v) is 6.41. The Balaban J connectivity index is 0.000000922. The first-order valence-electron chi connectivity index (χ1n) is 18.5. The van der Waals surface area contributed by atoms with E-state index in [9.17, 15) is 19.8 Å². The predicted octanol–water partition coefficient (Wildman–Crippen LogP) is 7.67. The smallest absolute Gasteiger partial charge is 0.545 e. The van der Waals surface area contributed by atoms with Crippen LogP contribution in [0.4, 0.5) is 0 Å². The van der Waals surface area contributed by atoms with Gasteiger partial charge in [-0.3, -0.25) is 20.0 Å². The summed E-state index contributed by atoms with van der Waals surface area (Å²) in [5.74, 6) is -2.38. The maximum Gasteiger partial charge on any atom is 2.00 e. The molecule has 0 radical (unpaired) electrons. The first-order valence-corrected chi connectivity index (χ1v) is 18.5. The van der Waals surface area contributed by atoms with Crippen molar-refractivity contribution in [1.29, 1.82) is 0 Å². The van der Waals surface area contributed by atoms with Crippen LogP contribution in [0, 0.1) is 32.5 Å². The van der Waals surface area contributed by atoms with E-state index < -0.39 is 34.1 Å². The van der Waals surface area contributed by atoms with Gasteiger partial charge in [-0.05, 0) is 38.5 Å². The van der Waals surface area contributed by atoms with Gasteiger partial charge in [-0.25, -0.2) is 0 Å². The number of nitrogens with zero attached hydrogens (tertiary/aromatic N) is 4. The van der Waals surface area contributed by atoms with E-state index in [4.69, 9.17) is 20.0 Å². The van der Waals surface area contributed by atoms with Crippen molar-refractivity contribution in [3.8, 4) is 0 Å². The Labute approximate surface area is 330 Å². The van der Waals surface area contributed by atoms with Gasteiger partial charge in [0.2, 0.25) is 0 Å². The first kappa shape index (κ1) is 47.9. The fourth-order valence-electron chi connectivity index (χ4n) is 6.41. The Morgan fingerprint density at radius 2 is 0.653 bits per heavy atom. The van der Waals surface area contributed by atoms with Gasteiger partial charge < -0.3 is 19.8 Å². The molecule has 0 N–H and O–H groups in total. The van der Waals surface area contributed by atoms with Crippen molar-refractivity contribution in [1.82, 2.24) is 0 Å². The summed E-state index contributed by atoms with van der Waals surface area (Å²) in [5.41, 5.74) is -1.75. The zero-order valence-corrected chi connectivity index (χ0v) is 37.0. The number of aliphatic imine (C=N–C) groups is 4. The standard InChI is InChI=1S/2C20H36N2O2.Ca/c2*1-10-13-19(8,9)20(16(23)24)21-14(17(4,5)11-2)15(22-20)18(6,7)12-3;/h2*10-13H2,1-9H3,(H,23,24);/q;;+2/p-2. The molecule has 0 bridgehead atoms. The van der Waals surface area contributed by atoms with Crippen LogP contribution >= 0.6 is 0 Å². The zero-order valence-electron chi connectivity index (χ0n) is 34.8. The molecule has 0 amide bonds. The molecule has 0 aromatic carbocycles. The Morgan fingerprint density at radius 3 is 0.776 bits per heavy atom. The van der Waals surface area contributed by atoms with Gasteiger partial charge in [0.25, 0.3) is 0 Å². The largest absolute Gasteiger partial charge is 2.00 e. The summed E-state index contributed by atoms with van der Waals surface area (Å²) in [4.78, 5) is 43.7. The Kier molecular flexibility index (Phi) is 16.3. The average Bonchev–Trinajstić information content (AvgIpc) is 3.63. The van der Waals surface area contributed by atoms with Crippen LogP contribution in [0.1, 0.15) is 176 Å². The summed E-state index contributed by atoms with van der Waals surface area (Å²) >= 11 is 0. The summed E-state index contributed by atoms with van der Waals surface area (Å²) < 4.78 is 0. The molecular weight excluding hydrogens is 641 g/mol. The molecule has 2 aliphatic rings. The summed E-state index contributed by atoms with van der Waals surface area (Å²) in [6.07, 6.45) is 6.73. The minimum atomic E-state index is -1.52. The first-order chi connectivity index (χ1) is 21.6. The fraction of sp³-hybridized carbons (Fsp3) is 0.850. The zero-order chi connectivity index (χ0) is 37.9. The second kappa shape index (κ2) is 16.7. The molecule has 0 atom stereocenters.